The van der Waals surface area contributed by atoms with E-state index in [0.717, 1.165) is 30.7 Å². The Balaban J connectivity index is 1.70. The first-order chi connectivity index (χ1) is 11.6. The average molecular weight is 325 g/mol. The Labute approximate surface area is 142 Å². The van der Waals surface area contributed by atoms with Gasteiger partial charge in [-0.15, -0.1) is 0 Å². The molecule has 1 unspecified atom stereocenters. The third-order valence-electron chi connectivity index (χ3n) is 4.35. The minimum Gasteiger partial charge on any atom is -0.490 e. The van der Waals surface area contributed by atoms with Crippen LogP contribution in [0.3, 0.4) is 0 Å². The number of hydrogen-bond acceptors (Lipinski definition) is 3. The third-order valence-corrected chi connectivity index (χ3v) is 4.35. The lowest BCUT2D eigenvalue weighted by atomic mass is 10.1. The van der Waals surface area contributed by atoms with Crippen LogP contribution in [-0.2, 0) is 4.74 Å². The van der Waals surface area contributed by atoms with Crippen molar-refractivity contribution in [2.45, 2.75) is 32.8 Å². The molecule has 1 fully saturated rings. The maximum atomic E-state index is 12.6. The molecule has 1 aliphatic heterocycles. The lowest BCUT2D eigenvalue weighted by Crippen LogP contribution is -2.19. The van der Waals surface area contributed by atoms with Gasteiger partial charge in [0.15, 0.2) is 0 Å². The van der Waals surface area contributed by atoms with Crippen molar-refractivity contribution in [3.8, 4) is 5.75 Å². The first kappa shape index (κ1) is 16.5. The second kappa shape index (κ2) is 7.49. The summed E-state index contributed by atoms with van der Waals surface area (Å²) in [6.07, 6.45) is 2.21. The number of carbonyl (C=O) groups is 1. The highest BCUT2D eigenvalue weighted by molar-refractivity contribution is 6.06. The minimum atomic E-state index is -0.166. The van der Waals surface area contributed by atoms with Crippen molar-refractivity contribution in [2.75, 3.05) is 18.5 Å². The summed E-state index contributed by atoms with van der Waals surface area (Å²) in [6.45, 7) is 5.36. The topological polar surface area (TPSA) is 47.6 Å². The van der Waals surface area contributed by atoms with Gasteiger partial charge in [0.1, 0.15) is 12.4 Å². The number of carbonyl (C=O) groups excluding carboxylic acids is 1. The largest absolute Gasteiger partial charge is 0.490 e. The quantitative estimate of drug-likeness (QED) is 0.900. The molecule has 0 saturated carbocycles. The lowest BCUT2D eigenvalue weighted by molar-refractivity contribution is 0.0673. The van der Waals surface area contributed by atoms with Crippen molar-refractivity contribution in [2.24, 2.45) is 0 Å². The number of anilines is 1. The summed E-state index contributed by atoms with van der Waals surface area (Å²) in [5, 5.41) is 2.94. The Kier molecular flexibility index (Phi) is 5.16. The van der Waals surface area contributed by atoms with Crippen LogP contribution in [0.4, 0.5) is 5.69 Å². The molecular formula is C20H23NO3. The fourth-order valence-corrected chi connectivity index (χ4v) is 2.76. The number of aryl methyl sites for hydroxylation is 2. The molecular weight excluding hydrogens is 302 g/mol. The summed E-state index contributed by atoms with van der Waals surface area (Å²) in [6, 6.07) is 13.2. The SMILES string of the molecule is Cc1ccc(NC(=O)c2ccccc2OCC2CCCO2)cc1C. The fourth-order valence-electron chi connectivity index (χ4n) is 2.76. The molecule has 4 nitrogen and oxygen atoms in total. The molecule has 1 atom stereocenters. The highest BCUT2D eigenvalue weighted by Gasteiger charge is 2.18. The Morgan fingerprint density at radius 2 is 2.04 bits per heavy atom. The van der Waals surface area contributed by atoms with E-state index in [2.05, 4.69) is 12.2 Å². The van der Waals surface area contributed by atoms with Crippen molar-refractivity contribution in [1.82, 2.24) is 0 Å². The molecule has 2 aromatic carbocycles. The van der Waals surface area contributed by atoms with Crippen LogP contribution in [0.1, 0.15) is 34.3 Å². The summed E-state index contributed by atoms with van der Waals surface area (Å²) in [5.74, 6) is 0.426. The van der Waals surface area contributed by atoms with E-state index in [4.69, 9.17) is 9.47 Å². The number of hydrogen-bond donors (Lipinski definition) is 1. The Morgan fingerprint density at radius 3 is 2.79 bits per heavy atom. The molecule has 1 heterocycles. The zero-order valence-corrected chi connectivity index (χ0v) is 14.2. The van der Waals surface area contributed by atoms with Crippen LogP contribution in [0.5, 0.6) is 5.75 Å². The number of amides is 1. The summed E-state index contributed by atoms with van der Waals surface area (Å²) in [7, 11) is 0. The van der Waals surface area contributed by atoms with Crippen molar-refractivity contribution >= 4 is 11.6 Å². The van der Waals surface area contributed by atoms with Crippen LogP contribution in [0, 0.1) is 13.8 Å². The summed E-state index contributed by atoms with van der Waals surface area (Å²) < 4.78 is 11.4. The number of rotatable bonds is 5. The van der Waals surface area contributed by atoms with Crippen molar-refractivity contribution in [3.05, 3.63) is 59.2 Å². The van der Waals surface area contributed by atoms with Gasteiger partial charge in [-0.05, 0) is 62.1 Å². The molecule has 0 bridgehead atoms. The van der Waals surface area contributed by atoms with Crippen LogP contribution in [0.2, 0.25) is 0 Å². The predicted molar refractivity (Wildman–Crippen MR) is 94.8 cm³/mol. The molecule has 1 N–H and O–H groups in total. The molecule has 2 aromatic rings. The number of nitrogens with one attached hydrogen (secondary N) is 1. The van der Waals surface area contributed by atoms with Crippen molar-refractivity contribution in [1.29, 1.82) is 0 Å². The van der Waals surface area contributed by atoms with Crippen LogP contribution in [0.25, 0.3) is 0 Å². The van der Waals surface area contributed by atoms with Crippen molar-refractivity contribution in [3.63, 3.8) is 0 Å². The molecule has 1 aliphatic rings. The zero-order chi connectivity index (χ0) is 16.9. The van der Waals surface area contributed by atoms with E-state index in [-0.39, 0.29) is 12.0 Å². The van der Waals surface area contributed by atoms with Gasteiger partial charge < -0.3 is 14.8 Å². The molecule has 3 rings (SSSR count). The predicted octanol–water partition coefficient (Wildman–Crippen LogP) is 4.11. The van der Waals surface area contributed by atoms with Gasteiger partial charge in [0, 0.05) is 12.3 Å². The van der Waals surface area contributed by atoms with Crippen molar-refractivity contribution < 1.29 is 14.3 Å². The van der Waals surface area contributed by atoms with Gasteiger partial charge in [-0.2, -0.15) is 0 Å². The highest BCUT2D eigenvalue weighted by Crippen LogP contribution is 2.22. The molecule has 1 amide bonds. The minimum absolute atomic E-state index is 0.126. The van der Waals surface area contributed by atoms with Gasteiger partial charge in [0.2, 0.25) is 0 Å². The average Bonchev–Trinajstić information content (AvgIpc) is 3.10. The highest BCUT2D eigenvalue weighted by atomic mass is 16.5. The van der Waals surface area contributed by atoms with E-state index in [0.29, 0.717) is 17.9 Å². The van der Waals surface area contributed by atoms with Gasteiger partial charge in [-0.25, -0.2) is 0 Å². The van der Waals surface area contributed by atoms with E-state index in [1.165, 1.54) is 5.56 Å². The molecule has 0 aliphatic carbocycles. The molecule has 0 radical (unpaired) electrons. The van der Waals surface area contributed by atoms with E-state index >= 15 is 0 Å². The summed E-state index contributed by atoms with van der Waals surface area (Å²) in [4.78, 5) is 12.6. The third kappa shape index (κ3) is 3.95. The fraction of sp³-hybridized carbons (Fsp3) is 0.350. The van der Waals surface area contributed by atoms with Crippen LogP contribution < -0.4 is 10.1 Å². The lowest BCUT2D eigenvalue weighted by Gasteiger charge is -2.15. The summed E-state index contributed by atoms with van der Waals surface area (Å²) >= 11 is 0. The maximum absolute atomic E-state index is 12.6. The summed E-state index contributed by atoms with van der Waals surface area (Å²) in [5.41, 5.74) is 3.68. The second-order valence-corrected chi connectivity index (χ2v) is 6.20. The number of ether oxygens (including phenoxy) is 2. The van der Waals surface area contributed by atoms with Gasteiger partial charge >= 0.3 is 0 Å². The van der Waals surface area contributed by atoms with Gasteiger partial charge in [0.25, 0.3) is 5.91 Å². The smallest absolute Gasteiger partial charge is 0.259 e. The standard InChI is InChI=1S/C20H23NO3/c1-14-9-10-16(12-15(14)2)21-20(22)18-7-3-4-8-19(18)24-13-17-6-5-11-23-17/h3-4,7-10,12,17H,5-6,11,13H2,1-2H3,(H,21,22). The molecule has 126 valence electrons. The van der Waals surface area contributed by atoms with Gasteiger partial charge in [-0.3, -0.25) is 4.79 Å². The monoisotopic (exact) mass is 325 g/mol. The Morgan fingerprint density at radius 1 is 1.21 bits per heavy atom. The van der Waals surface area contributed by atoms with Crippen LogP contribution in [0.15, 0.2) is 42.5 Å². The van der Waals surface area contributed by atoms with Gasteiger partial charge in [-0.1, -0.05) is 18.2 Å². The number of para-hydroxylation sites is 1. The second-order valence-electron chi connectivity index (χ2n) is 6.20. The van der Waals surface area contributed by atoms with E-state index in [1.54, 1.807) is 6.07 Å². The zero-order valence-electron chi connectivity index (χ0n) is 14.2. The Hall–Kier alpha value is -2.33. The number of benzene rings is 2. The normalized spacial score (nSPS) is 16.8. The van der Waals surface area contributed by atoms with E-state index in [9.17, 15) is 4.79 Å². The molecule has 4 heteroatoms. The molecule has 0 aromatic heterocycles. The first-order valence-electron chi connectivity index (χ1n) is 8.35. The maximum Gasteiger partial charge on any atom is 0.259 e. The van der Waals surface area contributed by atoms with Crippen LogP contribution in [-0.4, -0.2) is 25.2 Å². The van der Waals surface area contributed by atoms with Gasteiger partial charge in [0.05, 0.1) is 11.7 Å². The van der Waals surface area contributed by atoms with E-state index < -0.39 is 0 Å². The molecule has 0 spiro atoms. The van der Waals surface area contributed by atoms with E-state index in [1.807, 2.05) is 43.3 Å². The first-order valence-corrected chi connectivity index (χ1v) is 8.35. The van der Waals surface area contributed by atoms with Crippen LogP contribution >= 0.6 is 0 Å². The molecule has 1 saturated heterocycles. The molecule has 24 heavy (non-hydrogen) atoms. The Bertz CT molecular complexity index is 721.